The summed E-state index contributed by atoms with van der Waals surface area (Å²) in [6.45, 7) is 12.3. The molecule has 0 amide bonds. The van der Waals surface area contributed by atoms with Gasteiger partial charge in [0.25, 0.3) is 0 Å². The molecule has 12 heavy (non-hydrogen) atoms. The molecule has 0 saturated carbocycles. The second kappa shape index (κ2) is 4.66. The number of hydrogen-bond acceptors (Lipinski definition) is 1. The average Bonchev–Trinajstić information content (AvgIpc) is 2.01. The van der Waals surface area contributed by atoms with E-state index in [1.807, 2.05) is 0 Å². The van der Waals surface area contributed by atoms with Gasteiger partial charge in [0.1, 0.15) is 0 Å². The zero-order valence-corrected chi connectivity index (χ0v) is 8.47. The largest absolute Gasteiger partial charge is 0.299 e. The number of piperidine rings is 1. The summed E-state index contributed by atoms with van der Waals surface area (Å²) < 4.78 is 0. The van der Waals surface area contributed by atoms with Crippen LogP contribution in [0, 0.1) is 5.92 Å². The molecule has 0 aliphatic carbocycles. The molecule has 0 bridgehead atoms. The van der Waals surface area contributed by atoms with E-state index >= 15 is 0 Å². The molecule has 0 N–H and O–H groups in total. The Kier molecular flexibility index (Phi) is 3.80. The van der Waals surface area contributed by atoms with Crippen molar-refractivity contribution in [3.05, 3.63) is 12.2 Å². The van der Waals surface area contributed by atoms with Gasteiger partial charge in [0, 0.05) is 6.54 Å². The van der Waals surface area contributed by atoms with Crippen molar-refractivity contribution in [3.63, 3.8) is 0 Å². The lowest BCUT2D eigenvalue weighted by atomic mass is 10.0. The first-order valence-corrected chi connectivity index (χ1v) is 5.07. The van der Waals surface area contributed by atoms with Crippen LogP contribution in [0.25, 0.3) is 0 Å². The van der Waals surface area contributed by atoms with Crippen molar-refractivity contribution in [1.82, 2.24) is 4.90 Å². The summed E-state index contributed by atoms with van der Waals surface area (Å²) in [4.78, 5) is 2.53. The number of likely N-dealkylation sites (tertiary alicyclic amines) is 1. The summed E-state index contributed by atoms with van der Waals surface area (Å²) in [5.41, 5.74) is 1.42. The highest BCUT2D eigenvalue weighted by Crippen LogP contribution is 2.14. The van der Waals surface area contributed by atoms with Crippen LogP contribution in [-0.2, 0) is 0 Å². The molecule has 1 heterocycles. The van der Waals surface area contributed by atoms with E-state index in [4.69, 9.17) is 0 Å². The van der Waals surface area contributed by atoms with Crippen molar-refractivity contribution < 1.29 is 0 Å². The second-order valence-corrected chi connectivity index (χ2v) is 4.31. The lowest BCUT2D eigenvalue weighted by Crippen LogP contribution is -2.32. The highest BCUT2D eigenvalue weighted by Gasteiger charge is 2.12. The predicted molar refractivity (Wildman–Crippen MR) is 54.3 cm³/mol. The maximum atomic E-state index is 4.05. The molecule has 0 spiro atoms. The molecule has 0 aromatic heterocycles. The Hall–Kier alpha value is -0.300. The lowest BCUT2D eigenvalue weighted by Gasteiger charge is -2.28. The van der Waals surface area contributed by atoms with E-state index in [1.54, 1.807) is 0 Å². The van der Waals surface area contributed by atoms with Gasteiger partial charge < -0.3 is 0 Å². The molecule has 70 valence electrons. The minimum absolute atomic E-state index is 0.834. The Balaban J connectivity index is 2.18. The lowest BCUT2D eigenvalue weighted by molar-refractivity contribution is 0.251. The molecular formula is C11H21N. The normalized spacial score (nSPS) is 20.4. The minimum Gasteiger partial charge on any atom is -0.299 e. The molecule has 0 radical (unpaired) electrons. The average molecular weight is 167 g/mol. The maximum Gasteiger partial charge on any atom is 0.0190 e. The van der Waals surface area contributed by atoms with Crippen molar-refractivity contribution in [3.8, 4) is 0 Å². The van der Waals surface area contributed by atoms with Gasteiger partial charge in [-0.3, -0.25) is 4.90 Å². The first-order valence-electron chi connectivity index (χ1n) is 5.07. The van der Waals surface area contributed by atoms with Gasteiger partial charge in [0.15, 0.2) is 0 Å². The van der Waals surface area contributed by atoms with Gasteiger partial charge in [0.05, 0.1) is 0 Å². The van der Waals surface area contributed by atoms with Crippen LogP contribution in [0.3, 0.4) is 0 Å². The van der Waals surface area contributed by atoms with Crippen molar-refractivity contribution in [2.24, 2.45) is 5.92 Å². The van der Waals surface area contributed by atoms with Crippen LogP contribution in [0.15, 0.2) is 12.2 Å². The Labute approximate surface area is 76.5 Å². The third kappa shape index (κ3) is 3.40. The molecule has 0 unspecified atom stereocenters. The number of nitrogens with zero attached hydrogens (tertiary/aromatic N) is 1. The SMILES string of the molecule is C=C1CCCN(CCC(C)C)C1. The van der Waals surface area contributed by atoms with Gasteiger partial charge in [-0.1, -0.05) is 26.0 Å². The van der Waals surface area contributed by atoms with E-state index in [2.05, 4.69) is 25.3 Å². The van der Waals surface area contributed by atoms with Crippen LogP contribution < -0.4 is 0 Å². The van der Waals surface area contributed by atoms with Crippen molar-refractivity contribution in [1.29, 1.82) is 0 Å². The van der Waals surface area contributed by atoms with Gasteiger partial charge in [0.2, 0.25) is 0 Å². The second-order valence-electron chi connectivity index (χ2n) is 4.31. The van der Waals surface area contributed by atoms with Gasteiger partial charge in [-0.05, 0) is 38.3 Å². The fourth-order valence-corrected chi connectivity index (χ4v) is 1.66. The summed E-state index contributed by atoms with van der Waals surface area (Å²) in [5, 5.41) is 0. The first kappa shape index (κ1) is 9.79. The summed E-state index contributed by atoms with van der Waals surface area (Å²) in [6.07, 6.45) is 3.89. The summed E-state index contributed by atoms with van der Waals surface area (Å²) in [7, 11) is 0. The van der Waals surface area contributed by atoms with Crippen LogP contribution in [0.5, 0.6) is 0 Å². The number of hydrogen-bond donors (Lipinski definition) is 0. The quantitative estimate of drug-likeness (QED) is 0.584. The molecule has 1 saturated heterocycles. The van der Waals surface area contributed by atoms with Crippen LogP contribution in [0.2, 0.25) is 0 Å². The fourth-order valence-electron chi connectivity index (χ4n) is 1.66. The molecule has 1 rings (SSSR count). The highest BCUT2D eigenvalue weighted by atomic mass is 15.1. The van der Waals surface area contributed by atoms with E-state index in [0.29, 0.717) is 0 Å². The third-order valence-corrected chi connectivity index (χ3v) is 2.47. The van der Waals surface area contributed by atoms with Crippen LogP contribution in [-0.4, -0.2) is 24.5 Å². The Morgan fingerprint density at radius 3 is 2.83 bits per heavy atom. The Morgan fingerprint density at radius 2 is 2.25 bits per heavy atom. The molecule has 0 atom stereocenters. The number of rotatable bonds is 3. The van der Waals surface area contributed by atoms with E-state index in [9.17, 15) is 0 Å². The molecule has 1 nitrogen and oxygen atoms in total. The molecule has 1 aliphatic heterocycles. The van der Waals surface area contributed by atoms with Gasteiger partial charge in [-0.15, -0.1) is 0 Å². The van der Waals surface area contributed by atoms with Gasteiger partial charge >= 0.3 is 0 Å². The van der Waals surface area contributed by atoms with Crippen LogP contribution in [0.4, 0.5) is 0 Å². The first-order chi connectivity index (χ1) is 5.68. The van der Waals surface area contributed by atoms with E-state index in [1.165, 1.54) is 37.9 Å². The highest BCUT2D eigenvalue weighted by molar-refractivity contribution is 5.00. The van der Waals surface area contributed by atoms with Crippen molar-refractivity contribution in [2.45, 2.75) is 33.1 Å². The van der Waals surface area contributed by atoms with Crippen molar-refractivity contribution in [2.75, 3.05) is 19.6 Å². The molecule has 1 heteroatoms. The standard InChI is InChI=1S/C11H21N/c1-10(2)6-8-12-7-4-5-11(3)9-12/h10H,3-9H2,1-2H3. The molecule has 1 fully saturated rings. The summed E-state index contributed by atoms with van der Waals surface area (Å²) in [5.74, 6) is 0.834. The summed E-state index contributed by atoms with van der Waals surface area (Å²) >= 11 is 0. The van der Waals surface area contributed by atoms with Crippen LogP contribution >= 0.6 is 0 Å². The van der Waals surface area contributed by atoms with E-state index < -0.39 is 0 Å². The molecule has 1 aliphatic rings. The minimum atomic E-state index is 0.834. The Morgan fingerprint density at radius 1 is 1.50 bits per heavy atom. The molecular weight excluding hydrogens is 146 g/mol. The predicted octanol–water partition coefficient (Wildman–Crippen LogP) is 2.68. The maximum absolute atomic E-state index is 4.05. The van der Waals surface area contributed by atoms with E-state index in [0.717, 1.165) is 12.5 Å². The molecule has 0 aromatic carbocycles. The van der Waals surface area contributed by atoms with Gasteiger partial charge in [-0.2, -0.15) is 0 Å². The van der Waals surface area contributed by atoms with Gasteiger partial charge in [-0.25, -0.2) is 0 Å². The van der Waals surface area contributed by atoms with Crippen LogP contribution in [0.1, 0.15) is 33.1 Å². The van der Waals surface area contributed by atoms with E-state index in [-0.39, 0.29) is 0 Å². The Bertz CT molecular complexity index is 149. The summed E-state index contributed by atoms with van der Waals surface area (Å²) in [6, 6.07) is 0. The monoisotopic (exact) mass is 167 g/mol. The topological polar surface area (TPSA) is 3.24 Å². The smallest absolute Gasteiger partial charge is 0.0190 e. The van der Waals surface area contributed by atoms with Crippen molar-refractivity contribution >= 4 is 0 Å². The zero-order valence-electron chi connectivity index (χ0n) is 8.47. The fraction of sp³-hybridized carbons (Fsp3) is 0.818. The molecule has 0 aromatic rings. The third-order valence-electron chi connectivity index (χ3n) is 2.47. The zero-order chi connectivity index (χ0) is 8.97.